The predicted molar refractivity (Wildman–Crippen MR) is 87.0 cm³/mol. The molecule has 0 saturated carbocycles. The number of nitrogens with zero attached hydrogens (tertiary/aromatic N) is 2. The van der Waals surface area contributed by atoms with Crippen LogP contribution in [0.5, 0.6) is 5.75 Å². The topological polar surface area (TPSA) is 50.3 Å². The fourth-order valence-electron chi connectivity index (χ4n) is 2.24. The van der Waals surface area contributed by atoms with Gasteiger partial charge in [0.1, 0.15) is 5.75 Å². The molecule has 0 aliphatic carbocycles. The summed E-state index contributed by atoms with van der Waals surface area (Å²) < 4.78 is 5.18. The minimum atomic E-state index is 0.598. The van der Waals surface area contributed by atoms with Gasteiger partial charge in [-0.15, -0.1) is 0 Å². The van der Waals surface area contributed by atoms with E-state index in [0.29, 0.717) is 5.62 Å². The number of hydrogen-bond donors (Lipinski definition) is 1. The van der Waals surface area contributed by atoms with E-state index in [1.165, 1.54) is 0 Å². The monoisotopic (exact) mass is 291 g/mol. The third-order valence-corrected chi connectivity index (χ3v) is 3.40. The van der Waals surface area contributed by atoms with Crippen LogP contribution in [0.15, 0.2) is 65.8 Å². The van der Waals surface area contributed by atoms with Crippen molar-refractivity contribution < 1.29 is 4.74 Å². The van der Waals surface area contributed by atoms with Gasteiger partial charge in [-0.25, -0.2) is 9.98 Å². The van der Waals surface area contributed by atoms with Crippen LogP contribution >= 0.6 is 0 Å². The highest BCUT2D eigenvalue weighted by molar-refractivity contribution is 5.65. The largest absolute Gasteiger partial charge is 0.497 e. The van der Waals surface area contributed by atoms with E-state index < -0.39 is 0 Å². The van der Waals surface area contributed by atoms with Gasteiger partial charge < -0.3 is 9.72 Å². The fraction of sp³-hybridized carbons (Fsp3) is 0.111. The van der Waals surface area contributed by atoms with Crippen LogP contribution in [0.3, 0.4) is 0 Å². The van der Waals surface area contributed by atoms with E-state index in [1.54, 1.807) is 7.11 Å². The van der Waals surface area contributed by atoms with Crippen LogP contribution in [0, 0.1) is 6.92 Å². The first-order chi connectivity index (χ1) is 10.8. The van der Waals surface area contributed by atoms with Gasteiger partial charge >= 0.3 is 0 Å². The molecular weight excluding hydrogens is 274 g/mol. The molecule has 3 rings (SSSR count). The fourth-order valence-corrected chi connectivity index (χ4v) is 2.24. The molecule has 2 aromatic carbocycles. The summed E-state index contributed by atoms with van der Waals surface area (Å²) in [7, 11) is 1.66. The van der Waals surface area contributed by atoms with Gasteiger partial charge in [0.2, 0.25) is 5.62 Å². The van der Waals surface area contributed by atoms with Crippen LogP contribution in [0.2, 0.25) is 0 Å². The van der Waals surface area contributed by atoms with Gasteiger partial charge in [-0.1, -0.05) is 30.3 Å². The quantitative estimate of drug-likeness (QED) is 0.801. The summed E-state index contributed by atoms with van der Waals surface area (Å²) in [5, 5.41) is 0. The second kappa shape index (κ2) is 6.26. The number of aromatic nitrogens is 2. The average Bonchev–Trinajstić information content (AvgIpc) is 2.56. The zero-order valence-corrected chi connectivity index (χ0v) is 12.6. The Bertz CT molecular complexity index is 821. The Balaban J connectivity index is 1.97. The van der Waals surface area contributed by atoms with Crippen molar-refractivity contribution >= 4 is 5.69 Å². The molecule has 4 nitrogen and oxygen atoms in total. The lowest BCUT2D eigenvalue weighted by atomic mass is 10.1. The summed E-state index contributed by atoms with van der Waals surface area (Å²) in [4.78, 5) is 12.2. The molecule has 0 aliphatic heterocycles. The molecule has 1 aromatic heterocycles. The Hall–Kier alpha value is -2.88. The number of rotatable bonds is 3. The lowest BCUT2D eigenvalue weighted by Gasteiger charge is -2.06. The zero-order valence-electron chi connectivity index (χ0n) is 12.6. The maximum Gasteiger partial charge on any atom is 0.227 e. The van der Waals surface area contributed by atoms with Crippen molar-refractivity contribution in [3.63, 3.8) is 0 Å². The summed E-state index contributed by atoms with van der Waals surface area (Å²) >= 11 is 0. The van der Waals surface area contributed by atoms with Crippen molar-refractivity contribution in [3.05, 3.63) is 72.1 Å². The number of ether oxygens (including phenoxy) is 1. The molecule has 0 amide bonds. The molecule has 0 radical (unpaired) electrons. The SMILES string of the molecule is COc1ccc(-c2c[nH]c(=Nc3ccccc3)nc2C)cc1. The molecule has 0 spiro atoms. The third-order valence-electron chi connectivity index (χ3n) is 3.40. The highest BCUT2D eigenvalue weighted by atomic mass is 16.5. The molecule has 22 heavy (non-hydrogen) atoms. The molecule has 0 unspecified atom stereocenters. The van der Waals surface area contributed by atoms with Gasteiger partial charge in [0.05, 0.1) is 18.5 Å². The number of para-hydroxylation sites is 1. The van der Waals surface area contributed by atoms with Gasteiger partial charge in [0.25, 0.3) is 0 Å². The van der Waals surface area contributed by atoms with E-state index in [1.807, 2.05) is 67.7 Å². The van der Waals surface area contributed by atoms with Gasteiger partial charge in [0.15, 0.2) is 0 Å². The number of aromatic amines is 1. The van der Waals surface area contributed by atoms with Crippen LogP contribution in [-0.2, 0) is 0 Å². The number of nitrogens with one attached hydrogen (secondary N) is 1. The van der Waals surface area contributed by atoms with E-state index in [2.05, 4.69) is 15.0 Å². The van der Waals surface area contributed by atoms with Crippen molar-refractivity contribution in [2.24, 2.45) is 4.99 Å². The first-order valence-corrected chi connectivity index (χ1v) is 7.07. The lowest BCUT2D eigenvalue weighted by Crippen LogP contribution is -2.13. The molecule has 0 fully saturated rings. The molecule has 4 heteroatoms. The molecule has 1 N–H and O–H groups in total. The maximum absolute atomic E-state index is 5.18. The molecule has 110 valence electrons. The molecule has 3 aromatic rings. The molecule has 0 saturated heterocycles. The number of H-pyrrole nitrogens is 1. The Morgan fingerprint density at radius 2 is 1.73 bits per heavy atom. The summed E-state index contributed by atoms with van der Waals surface area (Å²) in [6.07, 6.45) is 1.94. The molecule has 0 aliphatic rings. The minimum Gasteiger partial charge on any atom is -0.497 e. The maximum atomic E-state index is 5.18. The first kappa shape index (κ1) is 14.1. The highest BCUT2D eigenvalue weighted by Crippen LogP contribution is 2.22. The van der Waals surface area contributed by atoms with Crippen molar-refractivity contribution in [2.45, 2.75) is 6.92 Å². The average molecular weight is 291 g/mol. The van der Waals surface area contributed by atoms with Gasteiger partial charge in [0, 0.05) is 11.8 Å². The Kier molecular flexibility index (Phi) is 4.01. The van der Waals surface area contributed by atoms with Crippen LogP contribution in [0.25, 0.3) is 11.1 Å². The third kappa shape index (κ3) is 3.06. The smallest absolute Gasteiger partial charge is 0.227 e. The van der Waals surface area contributed by atoms with E-state index in [0.717, 1.165) is 28.3 Å². The van der Waals surface area contributed by atoms with E-state index >= 15 is 0 Å². The Morgan fingerprint density at radius 3 is 2.36 bits per heavy atom. The second-order valence-corrected chi connectivity index (χ2v) is 4.90. The standard InChI is InChI=1S/C18H17N3O/c1-13-17(14-8-10-16(22-2)11-9-14)12-19-18(20-13)21-15-6-4-3-5-7-15/h3-12H,1-2H3,(H,19,20,21). The van der Waals surface area contributed by atoms with Crippen molar-refractivity contribution in [2.75, 3.05) is 7.11 Å². The van der Waals surface area contributed by atoms with E-state index in [4.69, 9.17) is 4.74 Å². The highest BCUT2D eigenvalue weighted by Gasteiger charge is 2.03. The normalized spacial score (nSPS) is 11.5. The first-order valence-electron chi connectivity index (χ1n) is 7.07. The van der Waals surface area contributed by atoms with E-state index in [9.17, 15) is 0 Å². The predicted octanol–water partition coefficient (Wildman–Crippen LogP) is 3.63. The van der Waals surface area contributed by atoms with Crippen LogP contribution in [0.4, 0.5) is 5.69 Å². The van der Waals surface area contributed by atoms with Gasteiger partial charge in [-0.05, 0) is 36.8 Å². The van der Waals surface area contributed by atoms with E-state index in [-0.39, 0.29) is 0 Å². The summed E-state index contributed by atoms with van der Waals surface area (Å²) in [5.74, 6) is 0.842. The number of methoxy groups -OCH3 is 1. The van der Waals surface area contributed by atoms with Crippen LogP contribution in [0.1, 0.15) is 5.69 Å². The molecule has 1 heterocycles. The number of hydrogen-bond acceptors (Lipinski definition) is 3. The second-order valence-electron chi connectivity index (χ2n) is 4.90. The van der Waals surface area contributed by atoms with Gasteiger partial charge in [-0.3, -0.25) is 0 Å². The van der Waals surface area contributed by atoms with Crippen LogP contribution < -0.4 is 10.4 Å². The number of aryl methyl sites for hydroxylation is 1. The summed E-state index contributed by atoms with van der Waals surface area (Å²) in [5.41, 5.74) is 4.55. The number of benzene rings is 2. The molecular formula is C18H17N3O. The summed E-state index contributed by atoms with van der Waals surface area (Å²) in [6.45, 7) is 1.98. The zero-order chi connectivity index (χ0) is 15.4. The minimum absolute atomic E-state index is 0.598. The Labute approximate surface area is 129 Å². The van der Waals surface area contributed by atoms with Crippen molar-refractivity contribution in [1.29, 1.82) is 0 Å². The van der Waals surface area contributed by atoms with Crippen molar-refractivity contribution in [3.8, 4) is 16.9 Å². The molecule has 0 bridgehead atoms. The Morgan fingerprint density at radius 1 is 1.00 bits per heavy atom. The van der Waals surface area contributed by atoms with Gasteiger partial charge in [-0.2, -0.15) is 0 Å². The summed E-state index contributed by atoms with van der Waals surface area (Å²) in [6, 6.07) is 17.7. The van der Waals surface area contributed by atoms with Crippen molar-refractivity contribution in [1.82, 2.24) is 9.97 Å². The van der Waals surface area contributed by atoms with Crippen LogP contribution in [-0.4, -0.2) is 17.1 Å². The lowest BCUT2D eigenvalue weighted by molar-refractivity contribution is 0.415. The molecule has 0 atom stereocenters.